The molecule has 0 aromatic heterocycles. The van der Waals surface area contributed by atoms with E-state index in [1.165, 1.54) is 4.67 Å². The molecule has 0 amide bonds. The van der Waals surface area contributed by atoms with Crippen LogP contribution in [-0.4, -0.2) is 23.3 Å². The molecule has 0 radical (unpaired) electrons. The summed E-state index contributed by atoms with van der Waals surface area (Å²) in [5, 5.41) is 9.02. The lowest BCUT2D eigenvalue weighted by atomic mass is 10.1. The lowest BCUT2D eigenvalue weighted by Crippen LogP contribution is -2.36. The third-order valence-corrected chi connectivity index (χ3v) is 6.65. The molecule has 0 saturated carbocycles. The van der Waals surface area contributed by atoms with Gasteiger partial charge in [0.05, 0.1) is 12.6 Å². The molecule has 2 atom stereocenters. The van der Waals surface area contributed by atoms with Crippen molar-refractivity contribution in [2.24, 2.45) is 4.99 Å². The van der Waals surface area contributed by atoms with E-state index in [-0.39, 0.29) is 25.3 Å². The van der Waals surface area contributed by atoms with Crippen LogP contribution in [0.5, 0.6) is 5.75 Å². The monoisotopic (exact) mass is 397 g/mol. The maximum atomic E-state index is 13.7. The molecule has 1 saturated heterocycles. The molecular weight excluding hydrogens is 377 g/mol. The highest BCUT2D eigenvalue weighted by Crippen LogP contribution is 2.59. The third-order valence-electron chi connectivity index (χ3n) is 4.76. The Morgan fingerprint density at radius 2 is 2.07 bits per heavy atom. The van der Waals surface area contributed by atoms with Gasteiger partial charge >= 0.3 is 13.8 Å². The molecule has 0 bridgehead atoms. The number of aliphatic imine (C=N–C) groups is 1. The normalized spacial score (nSPS) is 25.0. The van der Waals surface area contributed by atoms with Crippen LogP contribution in [0.2, 0.25) is 0 Å². The first-order valence-corrected chi connectivity index (χ1v) is 10.5. The molecule has 8 heteroatoms. The van der Waals surface area contributed by atoms with E-state index in [0.717, 1.165) is 22.3 Å². The van der Waals surface area contributed by atoms with Crippen LogP contribution < -0.4 is 4.52 Å². The Hall–Kier alpha value is -2.81. The zero-order valence-electron chi connectivity index (χ0n) is 15.7. The van der Waals surface area contributed by atoms with E-state index in [9.17, 15) is 4.57 Å². The Labute approximate surface area is 163 Å². The summed E-state index contributed by atoms with van der Waals surface area (Å²) >= 11 is 0. The lowest BCUT2D eigenvalue weighted by Gasteiger charge is -2.34. The van der Waals surface area contributed by atoms with Gasteiger partial charge in [0.25, 0.3) is 0 Å². The molecule has 1 fully saturated rings. The van der Waals surface area contributed by atoms with Crippen molar-refractivity contribution in [2.75, 3.05) is 6.61 Å². The van der Waals surface area contributed by atoms with E-state index >= 15 is 0 Å². The van der Waals surface area contributed by atoms with Crippen LogP contribution >= 0.6 is 7.75 Å². The molecule has 0 N–H and O–H groups in total. The van der Waals surface area contributed by atoms with Crippen molar-refractivity contribution >= 4 is 13.8 Å². The molecule has 2 aliphatic rings. The third kappa shape index (κ3) is 3.37. The Morgan fingerprint density at radius 3 is 2.82 bits per heavy atom. The first-order valence-electron chi connectivity index (χ1n) is 8.97. The van der Waals surface area contributed by atoms with Gasteiger partial charge in [0.2, 0.25) is 6.19 Å². The fourth-order valence-electron chi connectivity index (χ4n) is 3.61. The van der Waals surface area contributed by atoms with E-state index in [1.54, 1.807) is 6.19 Å². The number of hydrogen-bond donors (Lipinski definition) is 0. The summed E-state index contributed by atoms with van der Waals surface area (Å²) in [6, 6.07) is 13.4. The van der Waals surface area contributed by atoms with Crippen LogP contribution in [0.4, 0.5) is 0 Å². The van der Waals surface area contributed by atoms with Crippen LogP contribution in [0.1, 0.15) is 22.3 Å². The van der Waals surface area contributed by atoms with Crippen LogP contribution in [0.3, 0.4) is 0 Å². The second-order valence-corrected chi connectivity index (χ2v) is 8.71. The lowest BCUT2D eigenvalue weighted by molar-refractivity contribution is 0.194. The summed E-state index contributed by atoms with van der Waals surface area (Å²) in [5.74, 6) is 0.557. The number of amidine groups is 1. The second-order valence-electron chi connectivity index (χ2n) is 6.90. The minimum absolute atomic E-state index is 0.0278. The number of aryl methyl sites for hydroxylation is 2. The summed E-state index contributed by atoms with van der Waals surface area (Å²) in [5.41, 5.74) is 3.87. The van der Waals surface area contributed by atoms with Gasteiger partial charge in [0.1, 0.15) is 12.4 Å². The number of ether oxygens (including phenoxy) is 1. The molecular formula is C20H20N3O4P. The van der Waals surface area contributed by atoms with Gasteiger partial charge in [-0.1, -0.05) is 48.0 Å². The number of rotatable bonds is 3. The Morgan fingerprint density at radius 1 is 1.29 bits per heavy atom. The molecule has 0 unspecified atom stereocenters. The molecule has 144 valence electrons. The van der Waals surface area contributed by atoms with Crippen LogP contribution in [0.15, 0.2) is 47.5 Å². The van der Waals surface area contributed by atoms with Crippen molar-refractivity contribution in [1.82, 2.24) is 4.67 Å². The van der Waals surface area contributed by atoms with Crippen LogP contribution in [-0.2, 0) is 26.9 Å². The van der Waals surface area contributed by atoms with Crippen LogP contribution in [0, 0.1) is 25.3 Å². The van der Waals surface area contributed by atoms with Crippen molar-refractivity contribution < 1.29 is 18.3 Å². The van der Waals surface area contributed by atoms with Gasteiger partial charge in [0, 0.05) is 5.56 Å². The molecule has 2 aromatic carbocycles. The topological polar surface area (TPSA) is 84.2 Å². The predicted octanol–water partition coefficient (Wildman–Crippen LogP) is 4.10. The molecule has 2 heterocycles. The largest absolute Gasteiger partial charge is 0.493 e. The number of hydrogen-bond acceptors (Lipinski definition) is 6. The molecule has 4 rings (SSSR count). The van der Waals surface area contributed by atoms with E-state index in [1.807, 2.05) is 56.3 Å². The molecule has 0 spiro atoms. The smallest absolute Gasteiger partial charge is 0.462 e. The summed E-state index contributed by atoms with van der Waals surface area (Å²) in [6.07, 6.45) is 2.26. The molecule has 2 aliphatic heterocycles. The summed E-state index contributed by atoms with van der Waals surface area (Å²) in [7, 11) is -3.79. The van der Waals surface area contributed by atoms with E-state index < -0.39 is 7.75 Å². The van der Waals surface area contributed by atoms with E-state index in [4.69, 9.17) is 19.0 Å². The zero-order valence-corrected chi connectivity index (χ0v) is 16.6. The van der Waals surface area contributed by atoms with Gasteiger partial charge in [0.15, 0.2) is 0 Å². The number of fused-ring (bicyclic) bond motifs is 1. The minimum atomic E-state index is -3.79. The fraction of sp³-hybridized carbons (Fsp3) is 0.300. The minimum Gasteiger partial charge on any atom is -0.462 e. The Balaban J connectivity index is 1.69. The predicted molar refractivity (Wildman–Crippen MR) is 104 cm³/mol. The second kappa shape index (κ2) is 7.31. The van der Waals surface area contributed by atoms with Crippen molar-refractivity contribution in [3.63, 3.8) is 0 Å². The average molecular weight is 397 g/mol. The van der Waals surface area contributed by atoms with Crippen LogP contribution in [0.25, 0.3) is 0 Å². The summed E-state index contributed by atoms with van der Waals surface area (Å²) in [6.45, 7) is 4.30. The number of benzene rings is 2. The Kier molecular flexibility index (Phi) is 4.84. The summed E-state index contributed by atoms with van der Waals surface area (Å²) < 4.78 is 32.4. The maximum absolute atomic E-state index is 13.7. The highest BCUT2D eigenvalue weighted by molar-refractivity contribution is 7.52. The number of nitriles is 1. The summed E-state index contributed by atoms with van der Waals surface area (Å²) in [4.78, 5) is 3.70. The van der Waals surface area contributed by atoms with E-state index in [2.05, 4.69) is 4.99 Å². The van der Waals surface area contributed by atoms with Gasteiger partial charge in [-0.2, -0.15) is 5.26 Å². The van der Waals surface area contributed by atoms with E-state index in [0.29, 0.717) is 12.2 Å². The van der Waals surface area contributed by atoms with Gasteiger partial charge in [-0.3, -0.25) is 4.52 Å². The maximum Gasteiger partial charge on any atom is 0.493 e. The number of nitrogens with zero attached hydrogens (tertiary/aromatic N) is 3. The molecule has 0 aliphatic carbocycles. The molecule has 28 heavy (non-hydrogen) atoms. The highest BCUT2D eigenvalue weighted by atomic mass is 31.2. The zero-order chi connectivity index (χ0) is 19.7. The van der Waals surface area contributed by atoms with Gasteiger partial charge < -0.3 is 9.26 Å². The van der Waals surface area contributed by atoms with Gasteiger partial charge in [-0.15, -0.1) is 4.99 Å². The molecule has 2 aromatic rings. The van der Waals surface area contributed by atoms with Gasteiger partial charge in [-0.25, -0.2) is 9.24 Å². The highest BCUT2D eigenvalue weighted by Gasteiger charge is 2.50. The SMILES string of the molecule is Cc1cc(C)c2c(c1)CO[P@](=O)(N1C(=NC#N)OC[C@H]1Cc1ccccc1)O2. The average Bonchev–Trinajstić information content (AvgIpc) is 3.07. The molecule has 7 nitrogen and oxygen atoms in total. The van der Waals surface area contributed by atoms with Crippen molar-refractivity contribution in [1.29, 1.82) is 5.26 Å². The standard InChI is InChI=1S/C20H20N3O4P/c1-14-8-15(2)19-17(9-14)11-26-28(24,27-19)23-18(12-25-20(23)22-13-21)10-16-6-4-3-5-7-16/h3-9,18H,10-12H2,1-2H3/t18-,28-/m1/s1. The van der Waals surface area contributed by atoms with Crippen molar-refractivity contribution in [2.45, 2.75) is 32.9 Å². The van der Waals surface area contributed by atoms with Crippen molar-refractivity contribution in [3.05, 3.63) is 64.7 Å². The first kappa shape index (κ1) is 18.5. The van der Waals surface area contributed by atoms with Gasteiger partial charge in [-0.05, 0) is 31.4 Å². The Bertz CT molecular complexity index is 1020. The fourth-order valence-corrected chi connectivity index (χ4v) is 5.53. The van der Waals surface area contributed by atoms with Crippen molar-refractivity contribution in [3.8, 4) is 11.9 Å². The first-order chi connectivity index (χ1) is 13.5. The quantitative estimate of drug-likeness (QED) is 0.573.